The van der Waals surface area contributed by atoms with E-state index in [1.54, 1.807) is 63.9 Å². The third kappa shape index (κ3) is 5.10. The minimum Gasteiger partial charge on any atom is -0.497 e. The fourth-order valence-corrected chi connectivity index (χ4v) is 3.41. The van der Waals surface area contributed by atoms with E-state index < -0.39 is 0 Å². The van der Waals surface area contributed by atoms with E-state index in [1.165, 1.54) is 4.90 Å². The summed E-state index contributed by atoms with van der Waals surface area (Å²) in [6, 6.07) is 12.5. The minimum absolute atomic E-state index is 0.101. The van der Waals surface area contributed by atoms with Crippen molar-refractivity contribution < 1.29 is 23.8 Å². The Labute approximate surface area is 182 Å². The number of carbonyl (C=O) groups excluding carboxylic acids is 2. The first-order valence-electron chi connectivity index (χ1n) is 9.98. The quantitative estimate of drug-likeness (QED) is 0.509. The van der Waals surface area contributed by atoms with Crippen molar-refractivity contribution in [2.75, 3.05) is 47.6 Å². The highest BCUT2D eigenvalue weighted by Gasteiger charge is 2.41. The minimum atomic E-state index is -0.353. The van der Waals surface area contributed by atoms with E-state index >= 15 is 0 Å². The van der Waals surface area contributed by atoms with Crippen LogP contribution < -0.4 is 4.74 Å². The van der Waals surface area contributed by atoms with Crippen LogP contribution in [0.15, 0.2) is 54.4 Å². The van der Waals surface area contributed by atoms with Crippen LogP contribution in [0.1, 0.15) is 11.3 Å². The first-order valence-corrected chi connectivity index (χ1v) is 9.98. The van der Waals surface area contributed by atoms with Gasteiger partial charge in [0.2, 0.25) is 0 Å². The van der Waals surface area contributed by atoms with Gasteiger partial charge in [-0.2, -0.15) is 0 Å². The molecule has 2 amide bonds. The zero-order valence-electron chi connectivity index (χ0n) is 18.0. The number of hydrogen-bond acceptors (Lipinski definition) is 7. The van der Waals surface area contributed by atoms with Crippen molar-refractivity contribution in [2.24, 2.45) is 0 Å². The highest BCUT2D eigenvalue weighted by atomic mass is 16.5. The Bertz CT molecular complexity index is 920. The summed E-state index contributed by atoms with van der Waals surface area (Å²) in [6.07, 6.45) is 1.64. The summed E-state index contributed by atoms with van der Waals surface area (Å²) in [4.78, 5) is 34.3. The van der Waals surface area contributed by atoms with Gasteiger partial charge in [0.25, 0.3) is 11.8 Å². The molecule has 0 fully saturated rings. The lowest BCUT2D eigenvalue weighted by Crippen LogP contribution is -2.37. The molecule has 2 aromatic rings. The summed E-state index contributed by atoms with van der Waals surface area (Å²) >= 11 is 0. The largest absolute Gasteiger partial charge is 0.497 e. The summed E-state index contributed by atoms with van der Waals surface area (Å²) in [5.74, 6) is -0.0343. The van der Waals surface area contributed by atoms with Crippen molar-refractivity contribution in [1.29, 1.82) is 0 Å². The van der Waals surface area contributed by atoms with Crippen LogP contribution in [0, 0.1) is 0 Å². The first-order chi connectivity index (χ1) is 15.1. The molecular weight excluding hydrogens is 398 g/mol. The summed E-state index contributed by atoms with van der Waals surface area (Å²) in [5, 5.41) is 0. The van der Waals surface area contributed by atoms with E-state index in [0.29, 0.717) is 54.6 Å². The van der Waals surface area contributed by atoms with Crippen molar-refractivity contribution in [3.05, 3.63) is 65.6 Å². The number of aromatic nitrogens is 1. The Morgan fingerprint density at radius 2 is 1.58 bits per heavy atom. The van der Waals surface area contributed by atoms with Crippen LogP contribution in [0.25, 0.3) is 5.57 Å². The number of nitrogens with zero attached hydrogens (tertiary/aromatic N) is 3. The summed E-state index contributed by atoms with van der Waals surface area (Å²) in [5.41, 5.74) is 1.99. The Balaban J connectivity index is 2.03. The monoisotopic (exact) mass is 425 g/mol. The van der Waals surface area contributed by atoms with Crippen molar-refractivity contribution in [3.8, 4) is 5.75 Å². The molecule has 0 radical (unpaired) electrons. The Kier molecular flexibility index (Phi) is 7.75. The predicted molar refractivity (Wildman–Crippen MR) is 115 cm³/mol. The molecule has 0 aliphatic carbocycles. The maximum absolute atomic E-state index is 13.5. The van der Waals surface area contributed by atoms with Gasteiger partial charge < -0.3 is 19.1 Å². The van der Waals surface area contributed by atoms with Gasteiger partial charge in [-0.3, -0.25) is 19.5 Å². The number of amides is 2. The fourth-order valence-electron chi connectivity index (χ4n) is 3.41. The van der Waals surface area contributed by atoms with Crippen LogP contribution in [-0.4, -0.2) is 74.2 Å². The van der Waals surface area contributed by atoms with Gasteiger partial charge in [0.05, 0.1) is 38.1 Å². The molecule has 0 saturated heterocycles. The van der Waals surface area contributed by atoms with Crippen LogP contribution in [0.2, 0.25) is 0 Å². The third-order valence-electron chi connectivity index (χ3n) is 5.02. The summed E-state index contributed by atoms with van der Waals surface area (Å²) in [6.45, 7) is 1.82. The number of rotatable bonds is 11. The number of hydrogen-bond donors (Lipinski definition) is 0. The van der Waals surface area contributed by atoms with Crippen LogP contribution in [0.5, 0.6) is 5.75 Å². The van der Waals surface area contributed by atoms with Gasteiger partial charge >= 0.3 is 0 Å². The van der Waals surface area contributed by atoms with Crippen LogP contribution in [-0.2, 0) is 25.6 Å². The molecule has 1 aromatic heterocycles. The number of methoxy groups -OCH3 is 3. The van der Waals surface area contributed by atoms with E-state index in [0.717, 1.165) is 0 Å². The van der Waals surface area contributed by atoms with E-state index in [9.17, 15) is 9.59 Å². The van der Waals surface area contributed by atoms with Gasteiger partial charge in [-0.15, -0.1) is 0 Å². The zero-order valence-corrected chi connectivity index (χ0v) is 18.0. The molecule has 164 valence electrons. The molecule has 1 aliphatic rings. The smallest absolute Gasteiger partial charge is 0.278 e. The lowest BCUT2D eigenvalue weighted by Gasteiger charge is -2.25. The zero-order chi connectivity index (χ0) is 22.2. The molecular formula is C23H27N3O5. The maximum Gasteiger partial charge on any atom is 0.278 e. The average molecular weight is 425 g/mol. The molecule has 31 heavy (non-hydrogen) atoms. The number of carbonyl (C=O) groups is 2. The molecule has 0 saturated carbocycles. The van der Waals surface area contributed by atoms with Gasteiger partial charge in [0, 0.05) is 33.5 Å². The van der Waals surface area contributed by atoms with Gasteiger partial charge in [-0.05, 0) is 29.8 Å². The molecule has 8 nitrogen and oxygen atoms in total. The maximum atomic E-state index is 13.5. The third-order valence-corrected chi connectivity index (χ3v) is 5.02. The topological polar surface area (TPSA) is 81.2 Å². The van der Waals surface area contributed by atoms with Crippen molar-refractivity contribution >= 4 is 17.4 Å². The highest BCUT2D eigenvalue weighted by Crippen LogP contribution is 2.33. The van der Waals surface area contributed by atoms with Gasteiger partial charge in [-0.1, -0.05) is 18.2 Å². The normalized spacial score (nSPS) is 13.8. The van der Waals surface area contributed by atoms with Gasteiger partial charge in [-0.25, -0.2) is 0 Å². The molecule has 0 unspecified atom stereocenters. The fraction of sp³-hybridized carbons (Fsp3) is 0.348. The van der Waals surface area contributed by atoms with Crippen molar-refractivity contribution in [3.63, 3.8) is 0 Å². The predicted octanol–water partition coefficient (Wildman–Crippen LogP) is 1.97. The first kappa shape index (κ1) is 22.5. The standard InChI is InChI=1S/C23H27N3O5/c1-29-14-12-25(13-15-30-2)21-20(17-7-9-19(31-3)10-8-17)22(27)26(23(21)28)16-18-6-4-5-11-24-18/h4-11H,12-16H2,1-3H3. The van der Waals surface area contributed by atoms with Crippen molar-refractivity contribution in [1.82, 2.24) is 14.8 Å². The average Bonchev–Trinajstić information content (AvgIpc) is 3.05. The highest BCUT2D eigenvalue weighted by molar-refractivity contribution is 6.35. The van der Waals surface area contributed by atoms with Crippen molar-refractivity contribution in [2.45, 2.75) is 6.54 Å². The molecule has 8 heteroatoms. The molecule has 0 atom stereocenters. The molecule has 2 heterocycles. The molecule has 1 aromatic carbocycles. The SMILES string of the molecule is COCCN(CCOC)C1=C(c2ccc(OC)cc2)C(=O)N(Cc2ccccn2)C1=O. The second-order valence-corrected chi connectivity index (χ2v) is 6.94. The number of pyridine rings is 1. The second kappa shape index (κ2) is 10.7. The lowest BCUT2D eigenvalue weighted by molar-refractivity contribution is -0.138. The van der Waals surface area contributed by atoms with Gasteiger partial charge in [0.1, 0.15) is 11.4 Å². The van der Waals surface area contributed by atoms with E-state index in [2.05, 4.69) is 4.98 Å². The molecule has 0 spiro atoms. The van der Waals surface area contributed by atoms with Crippen LogP contribution in [0.3, 0.4) is 0 Å². The second-order valence-electron chi connectivity index (χ2n) is 6.94. The van der Waals surface area contributed by atoms with E-state index in [-0.39, 0.29) is 18.4 Å². The molecule has 1 aliphatic heterocycles. The summed E-state index contributed by atoms with van der Waals surface area (Å²) in [7, 11) is 4.78. The summed E-state index contributed by atoms with van der Waals surface area (Å²) < 4.78 is 15.7. The Morgan fingerprint density at radius 1 is 0.903 bits per heavy atom. The number of imide groups is 1. The van der Waals surface area contributed by atoms with E-state index in [4.69, 9.17) is 14.2 Å². The Morgan fingerprint density at radius 3 is 2.13 bits per heavy atom. The lowest BCUT2D eigenvalue weighted by atomic mass is 10.0. The Hall–Kier alpha value is -3.23. The molecule has 0 N–H and O–H groups in total. The number of ether oxygens (including phenoxy) is 3. The van der Waals surface area contributed by atoms with Crippen LogP contribution in [0.4, 0.5) is 0 Å². The number of benzene rings is 1. The van der Waals surface area contributed by atoms with Gasteiger partial charge in [0.15, 0.2) is 0 Å². The van der Waals surface area contributed by atoms with Crippen LogP contribution >= 0.6 is 0 Å². The molecule has 0 bridgehead atoms. The van der Waals surface area contributed by atoms with E-state index in [1.807, 2.05) is 11.0 Å². The molecule has 3 rings (SSSR count).